The van der Waals surface area contributed by atoms with Crippen LogP contribution >= 0.6 is 23.1 Å². The van der Waals surface area contributed by atoms with Gasteiger partial charge in [0.25, 0.3) is 0 Å². The summed E-state index contributed by atoms with van der Waals surface area (Å²) in [6.45, 7) is 3.80. The number of hydrogen-bond acceptors (Lipinski definition) is 6. The Morgan fingerprint density at radius 2 is 1.88 bits per heavy atom. The summed E-state index contributed by atoms with van der Waals surface area (Å²) in [4.78, 5) is 12.3. The van der Waals surface area contributed by atoms with Gasteiger partial charge in [-0.2, -0.15) is 0 Å². The van der Waals surface area contributed by atoms with Gasteiger partial charge < -0.3 is 10.6 Å². The molecule has 2 aromatic carbocycles. The Morgan fingerprint density at radius 3 is 2.62 bits per heavy atom. The molecule has 1 unspecified atom stereocenters. The molecule has 1 heterocycles. The van der Waals surface area contributed by atoms with Gasteiger partial charge in [0.15, 0.2) is 4.34 Å². The van der Waals surface area contributed by atoms with Crippen molar-refractivity contribution in [3.8, 4) is 0 Å². The number of rotatable bonds is 6. The molecule has 5 nitrogen and oxygen atoms in total. The highest BCUT2D eigenvalue weighted by Crippen LogP contribution is 2.31. The lowest BCUT2D eigenvalue weighted by atomic mass is 10.2. The zero-order valence-electron chi connectivity index (χ0n) is 14.2. The maximum absolute atomic E-state index is 13.7. The van der Waals surface area contributed by atoms with Gasteiger partial charge in [0.2, 0.25) is 11.0 Å². The lowest BCUT2D eigenvalue weighted by Crippen LogP contribution is -2.22. The molecule has 0 saturated heterocycles. The van der Waals surface area contributed by atoms with E-state index in [0.29, 0.717) is 15.2 Å². The van der Waals surface area contributed by atoms with Crippen molar-refractivity contribution in [1.29, 1.82) is 0 Å². The van der Waals surface area contributed by atoms with Gasteiger partial charge in [-0.1, -0.05) is 52.9 Å². The fourth-order valence-corrected chi connectivity index (χ4v) is 3.98. The number of aryl methyl sites for hydroxylation is 1. The van der Waals surface area contributed by atoms with Gasteiger partial charge in [0.1, 0.15) is 5.82 Å². The first kappa shape index (κ1) is 18.3. The van der Waals surface area contributed by atoms with Crippen LogP contribution in [0.3, 0.4) is 0 Å². The lowest BCUT2D eigenvalue weighted by Gasteiger charge is -2.10. The van der Waals surface area contributed by atoms with Crippen LogP contribution in [0.4, 0.5) is 20.9 Å². The van der Waals surface area contributed by atoms with E-state index in [4.69, 9.17) is 0 Å². The van der Waals surface area contributed by atoms with Crippen LogP contribution in [0.1, 0.15) is 12.5 Å². The number of carbonyl (C=O) groups is 1. The lowest BCUT2D eigenvalue weighted by molar-refractivity contribution is -0.115. The first-order chi connectivity index (χ1) is 12.5. The van der Waals surface area contributed by atoms with Crippen molar-refractivity contribution >= 4 is 45.5 Å². The van der Waals surface area contributed by atoms with E-state index in [9.17, 15) is 9.18 Å². The minimum atomic E-state index is -0.359. The molecule has 0 saturated carbocycles. The van der Waals surface area contributed by atoms with Crippen LogP contribution in [0.15, 0.2) is 52.9 Å². The smallest absolute Gasteiger partial charge is 0.237 e. The normalized spacial score (nSPS) is 11.8. The van der Waals surface area contributed by atoms with Gasteiger partial charge in [-0.3, -0.25) is 4.79 Å². The Morgan fingerprint density at radius 1 is 1.15 bits per heavy atom. The summed E-state index contributed by atoms with van der Waals surface area (Å²) in [7, 11) is 0. The third-order valence-electron chi connectivity index (χ3n) is 3.49. The van der Waals surface area contributed by atoms with E-state index in [1.807, 2.05) is 31.2 Å². The molecule has 0 aliphatic rings. The number of para-hydroxylation sites is 1. The number of nitrogens with zero attached hydrogens (tertiary/aromatic N) is 2. The number of halogens is 1. The number of carbonyl (C=O) groups excluding carboxylic acids is 1. The van der Waals surface area contributed by atoms with Gasteiger partial charge in [-0.05, 0) is 38.1 Å². The number of nitrogens with one attached hydrogen (secondary N) is 2. The van der Waals surface area contributed by atoms with Crippen LogP contribution < -0.4 is 10.6 Å². The van der Waals surface area contributed by atoms with Gasteiger partial charge >= 0.3 is 0 Å². The Labute approximate surface area is 159 Å². The molecular weight excluding hydrogens is 371 g/mol. The molecule has 0 bridgehead atoms. The highest BCUT2D eigenvalue weighted by molar-refractivity contribution is 8.02. The fourth-order valence-electron chi connectivity index (χ4n) is 2.07. The topological polar surface area (TPSA) is 66.9 Å². The minimum Gasteiger partial charge on any atom is -0.328 e. The van der Waals surface area contributed by atoms with Crippen molar-refractivity contribution in [1.82, 2.24) is 10.2 Å². The molecule has 0 aliphatic heterocycles. The Hall–Kier alpha value is -2.45. The van der Waals surface area contributed by atoms with Crippen molar-refractivity contribution in [2.75, 3.05) is 10.6 Å². The SMILES string of the molecule is Cc1ccc(NC(=O)C(C)Sc2nnc(Nc3ccccc3F)s2)cc1. The first-order valence-electron chi connectivity index (χ1n) is 7.90. The molecule has 0 radical (unpaired) electrons. The van der Waals surface area contributed by atoms with Crippen LogP contribution in [0.5, 0.6) is 0 Å². The summed E-state index contributed by atoms with van der Waals surface area (Å²) < 4.78 is 14.3. The predicted octanol–water partition coefficient (Wildman–Crippen LogP) is 4.85. The molecule has 1 atom stereocenters. The van der Waals surface area contributed by atoms with E-state index in [2.05, 4.69) is 20.8 Å². The zero-order valence-corrected chi connectivity index (χ0v) is 15.8. The number of amides is 1. The molecule has 3 rings (SSSR count). The fraction of sp³-hybridized carbons (Fsp3) is 0.167. The monoisotopic (exact) mass is 388 g/mol. The van der Waals surface area contributed by atoms with Gasteiger partial charge in [-0.25, -0.2) is 4.39 Å². The first-order valence-corrected chi connectivity index (χ1v) is 9.60. The number of thioether (sulfide) groups is 1. The van der Waals surface area contributed by atoms with Crippen LogP contribution in [-0.4, -0.2) is 21.4 Å². The average Bonchev–Trinajstić information content (AvgIpc) is 3.06. The van der Waals surface area contributed by atoms with Crippen molar-refractivity contribution in [3.63, 3.8) is 0 Å². The molecule has 26 heavy (non-hydrogen) atoms. The van der Waals surface area contributed by atoms with Crippen LogP contribution in [0.25, 0.3) is 0 Å². The quantitative estimate of drug-likeness (QED) is 0.591. The van der Waals surface area contributed by atoms with Crippen LogP contribution in [-0.2, 0) is 4.79 Å². The molecule has 0 fully saturated rings. The second kappa shape index (κ2) is 8.29. The molecule has 2 N–H and O–H groups in total. The van der Waals surface area contributed by atoms with E-state index >= 15 is 0 Å². The molecule has 1 amide bonds. The highest BCUT2D eigenvalue weighted by atomic mass is 32.2. The zero-order chi connectivity index (χ0) is 18.5. The summed E-state index contributed by atoms with van der Waals surface area (Å²) in [6, 6.07) is 14.0. The van der Waals surface area contributed by atoms with Crippen LogP contribution in [0, 0.1) is 12.7 Å². The van der Waals surface area contributed by atoms with Gasteiger partial charge in [0.05, 0.1) is 10.9 Å². The van der Waals surface area contributed by atoms with Crippen molar-refractivity contribution in [3.05, 3.63) is 59.9 Å². The van der Waals surface area contributed by atoms with Crippen molar-refractivity contribution in [2.24, 2.45) is 0 Å². The molecular formula is C18H17FN4OS2. The molecule has 8 heteroatoms. The third kappa shape index (κ3) is 4.80. The molecule has 0 spiro atoms. The number of hydrogen-bond donors (Lipinski definition) is 2. The summed E-state index contributed by atoms with van der Waals surface area (Å²) in [6.07, 6.45) is 0. The largest absolute Gasteiger partial charge is 0.328 e. The molecule has 3 aromatic rings. The van der Waals surface area contributed by atoms with E-state index in [-0.39, 0.29) is 17.0 Å². The highest BCUT2D eigenvalue weighted by Gasteiger charge is 2.17. The summed E-state index contributed by atoms with van der Waals surface area (Å²) >= 11 is 2.58. The second-order valence-corrected chi connectivity index (χ2v) is 8.16. The van der Waals surface area contributed by atoms with E-state index in [1.54, 1.807) is 25.1 Å². The maximum Gasteiger partial charge on any atom is 0.237 e. The molecule has 134 valence electrons. The summed E-state index contributed by atoms with van der Waals surface area (Å²) in [5.74, 6) is -0.472. The molecule has 0 aliphatic carbocycles. The van der Waals surface area contributed by atoms with Gasteiger partial charge in [0, 0.05) is 5.69 Å². The summed E-state index contributed by atoms with van der Waals surface area (Å²) in [5.41, 5.74) is 2.23. The second-order valence-electron chi connectivity index (χ2n) is 5.59. The minimum absolute atomic E-state index is 0.113. The van der Waals surface area contributed by atoms with Gasteiger partial charge in [-0.15, -0.1) is 10.2 Å². The number of benzene rings is 2. The van der Waals surface area contributed by atoms with E-state index in [0.717, 1.165) is 11.3 Å². The van der Waals surface area contributed by atoms with Crippen LogP contribution in [0.2, 0.25) is 0 Å². The Bertz CT molecular complexity index is 898. The van der Waals surface area contributed by atoms with Crippen molar-refractivity contribution in [2.45, 2.75) is 23.4 Å². The Balaban J connectivity index is 1.58. The summed E-state index contributed by atoms with van der Waals surface area (Å²) in [5, 5.41) is 14.0. The third-order valence-corrected chi connectivity index (χ3v) is 5.51. The Kier molecular flexibility index (Phi) is 5.85. The standard InChI is InChI=1S/C18H17FN4OS2/c1-11-7-9-13(10-8-11)20-16(24)12(2)25-18-23-22-17(26-18)21-15-6-4-3-5-14(15)19/h3-10,12H,1-2H3,(H,20,24)(H,21,22). The maximum atomic E-state index is 13.7. The molecule has 1 aromatic heterocycles. The number of anilines is 3. The predicted molar refractivity (Wildman–Crippen MR) is 105 cm³/mol. The van der Waals surface area contributed by atoms with E-state index < -0.39 is 0 Å². The van der Waals surface area contributed by atoms with E-state index in [1.165, 1.54) is 29.2 Å². The van der Waals surface area contributed by atoms with Crippen molar-refractivity contribution < 1.29 is 9.18 Å². The average molecular weight is 388 g/mol. The number of aromatic nitrogens is 2.